The Hall–Kier alpha value is -2.69. The number of aromatic nitrogens is 1. The zero-order valence-corrected chi connectivity index (χ0v) is 15.0. The Morgan fingerprint density at radius 3 is 2.32 bits per heavy atom. The molecular formula is C20H25N3O2. The molecule has 1 aromatic heterocycles. The summed E-state index contributed by atoms with van der Waals surface area (Å²) in [6, 6.07) is 12.4. The Morgan fingerprint density at radius 2 is 1.72 bits per heavy atom. The topological polar surface area (TPSA) is 62.3 Å². The maximum Gasteiger partial charge on any atom is 0.249 e. The van der Waals surface area contributed by atoms with Crippen molar-refractivity contribution in [3.63, 3.8) is 0 Å². The lowest BCUT2D eigenvalue weighted by atomic mass is 10.0. The number of carbonyl (C=O) groups is 2. The Bertz CT molecular complexity index is 687. The molecule has 0 bridgehead atoms. The van der Waals surface area contributed by atoms with Crippen LogP contribution in [0.2, 0.25) is 0 Å². The van der Waals surface area contributed by atoms with Gasteiger partial charge in [-0.3, -0.25) is 14.6 Å². The molecule has 0 saturated heterocycles. The summed E-state index contributed by atoms with van der Waals surface area (Å²) < 4.78 is 0. The summed E-state index contributed by atoms with van der Waals surface area (Å²) in [6.07, 6.45) is 3.80. The van der Waals surface area contributed by atoms with Crippen molar-refractivity contribution in [3.05, 3.63) is 66.0 Å². The molecule has 2 aromatic rings. The summed E-state index contributed by atoms with van der Waals surface area (Å²) in [6.45, 7) is 4.42. The molecule has 0 fully saturated rings. The molecule has 1 aromatic carbocycles. The molecule has 1 heterocycles. The summed E-state index contributed by atoms with van der Waals surface area (Å²) in [7, 11) is 1.74. The Morgan fingerprint density at radius 1 is 1.08 bits per heavy atom. The largest absolute Gasteiger partial charge is 0.341 e. The van der Waals surface area contributed by atoms with E-state index >= 15 is 0 Å². The van der Waals surface area contributed by atoms with E-state index in [4.69, 9.17) is 0 Å². The van der Waals surface area contributed by atoms with Crippen molar-refractivity contribution in [2.45, 2.75) is 32.9 Å². The van der Waals surface area contributed by atoms with E-state index in [9.17, 15) is 9.59 Å². The first-order valence-electron chi connectivity index (χ1n) is 8.45. The molecule has 2 amide bonds. The molecule has 5 heteroatoms. The Kier molecular flexibility index (Phi) is 6.69. The van der Waals surface area contributed by atoms with Gasteiger partial charge in [-0.25, -0.2) is 0 Å². The van der Waals surface area contributed by atoms with Crippen molar-refractivity contribution in [1.82, 2.24) is 15.2 Å². The van der Waals surface area contributed by atoms with Crippen molar-refractivity contribution in [1.29, 1.82) is 0 Å². The van der Waals surface area contributed by atoms with Gasteiger partial charge >= 0.3 is 0 Å². The number of amides is 2. The van der Waals surface area contributed by atoms with Crippen molar-refractivity contribution in [2.75, 3.05) is 7.05 Å². The van der Waals surface area contributed by atoms with Gasteiger partial charge in [-0.1, -0.05) is 44.2 Å². The van der Waals surface area contributed by atoms with Crippen LogP contribution in [0.3, 0.4) is 0 Å². The molecule has 0 radical (unpaired) electrons. The smallest absolute Gasteiger partial charge is 0.249 e. The molecule has 0 saturated carbocycles. The first-order valence-corrected chi connectivity index (χ1v) is 8.45. The highest BCUT2D eigenvalue weighted by Crippen LogP contribution is 2.17. The van der Waals surface area contributed by atoms with Crippen molar-refractivity contribution >= 4 is 11.8 Å². The fourth-order valence-corrected chi connectivity index (χ4v) is 2.58. The van der Waals surface area contributed by atoms with Crippen molar-refractivity contribution < 1.29 is 9.59 Å². The van der Waals surface area contributed by atoms with Crippen LogP contribution in [0, 0.1) is 5.92 Å². The third kappa shape index (κ3) is 5.71. The average molecular weight is 339 g/mol. The number of carbonyl (C=O) groups excluding carboxylic acids is 2. The van der Waals surface area contributed by atoms with Gasteiger partial charge in [-0.05, 0) is 29.2 Å². The third-order valence-corrected chi connectivity index (χ3v) is 3.82. The van der Waals surface area contributed by atoms with Gasteiger partial charge in [-0.2, -0.15) is 0 Å². The Balaban J connectivity index is 2.16. The highest BCUT2D eigenvalue weighted by Gasteiger charge is 2.25. The van der Waals surface area contributed by atoms with E-state index in [1.807, 2.05) is 56.3 Å². The van der Waals surface area contributed by atoms with E-state index < -0.39 is 6.04 Å². The molecule has 25 heavy (non-hydrogen) atoms. The molecule has 1 atom stereocenters. The lowest BCUT2D eigenvalue weighted by Crippen LogP contribution is -2.41. The van der Waals surface area contributed by atoms with Crippen LogP contribution in [0.5, 0.6) is 0 Å². The van der Waals surface area contributed by atoms with E-state index in [2.05, 4.69) is 10.3 Å². The van der Waals surface area contributed by atoms with Crippen LogP contribution in [0.1, 0.15) is 37.4 Å². The van der Waals surface area contributed by atoms with Gasteiger partial charge < -0.3 is 10.2 Å². The summed E-state index contributed by atoms with van der Waals surface area (Å²) in [5.41, 5.74) is 1.78. The number of nitrogens with one attached hydrogen (secondary N) is 1. The van der Waals surface area contributed by atoms with Crippen LogP contribution in [-0.2, 0) is 16.1 Å². The average Bonchev–Trinajstić information content (AvgIpc) is 2.60. The lowest BCUT2D eigenvalue weighted by Gasteiger charge is -2.25. The van der Waals surface area contributed by atoms with Gasteiger partial charge in [-0.15, -0.1) is 0 Å². The fourth-order valence-electron chi connectivity index (χ4n) is 2.58. The predicted molar refractivity (Wildman–Crippen MR) is 97.5 cm³/mol. The van der Waals surface area contributed by atoms with Crippen LogP contribution in [0.25, 0.3) is 0 Å². The van der Waals surface area contributed by atoms with Crippen molar-refractivity contribution in [3.8, 4) is 0 Å². The minimum atomic E-state index is -0.681. The molecule has 132 valence electrons. The number of nitrogens with zero attached hydrogens (tertiary/aromatic N) is 2. The first kappa shape index (κ1) is 18.6. The van der Waals surface area contributed by atoms with Gasteiger partial charge in [0.05, 0.1) is 0 Å². The highest BCUT2D eigenvalue weighted by atomic mass is 16.2. The fraction of sp³-hybridized carbons (Fsp3) is 0.350. The van der Waals surface area contributed by atoms with E-state index in [0.717, 1.165) is 11.1 Å². The van der Waals surface area contributed by atoms with E-state index in [1.54, 1.807) is 24.3 Å². The summed E-state index contributed by atoms with van der Waals surface area (Å²) in [5.74, 6) is -0.0179. The summed E-state index contributed by atoms with van der Waals surface area (Å²) >= 11 is 0. The van der Waals surface area contributed by atoms with Crippen LogP contribution in [-0.4, -0.2) is 28.7 Å². The second kappa shape index (κ2) is 8.97. The molecular weight excluding hydrogens is 314 g/mol. The third-order valence-electron chi connectivity index (χ3n) is 3.82. The van der Waals surface area contributed by atoms with Crippen LogP contribution in [0.4, 0.5) is 0 Å². The molecule has 0 aliphatic heterocycles. The van der Waals surface area contributed by atoms with Gasteiger partial charge in [0.15, 0.2) is 0 Å². The Labute approximate surface area is 149 Å². The quantitative estimate of drug-likeness (QED) is 0.843. The van der Waals surface area contributed by atoms with E-state index in [0.29, 0.717) is 13.0 Å². The van der Waals surface area contributed by atoms with Gasteiger partial charge in [0.1, 0.15) is 6.04 Å². The molecule has 0 unspecified atom stereocenters. The number of likely N-dealkylation sites (N-methyl/N-ethyl adjacent to an activating group) is 1. The van der Waals surface area contributed by atoms with Crippen LogP contribution < -0.4 is 5.32 Å². The monoisotopic (exact) mass is 339 g/mol. The van der Waals surface area contributed by atoms with Gasteiger partial charge in [0, 0.05) is 32.4 Å². The van der Waals surface area contributed by atoms with Crippen LogP contribution in [0.15, 0.2) is 54.9 Å². The molecule has 1 N–H and O–H groups in total. The maximum absolute atomic E-state index is 13.0. The number of benzene rings is 1. The summed E-state index contributed by atoms with van der Waals surface area (Å²) in [5, 5.41) is 2.89. The predicted octanol–water partition coefficient (Wildman–Crippen LogP) is 2.94. The number of pyridine rings is 1. The molecule has 2 rings (SSSR count). The second-order valence-electron chi connectivity index (χ2n) is 6.56. The molecule has 0 aliphatic rings. The molecule has 0 aliphatic carbocycles. The first-order chi connectivity index (χ1) is 12.0. The normalized spacial score (nSPS) is 11.8. The second-order valence-corrected chi connectivity index (χ2v) is 6.56. The SMILES string of the molecule is CC(C)CC(=O)N[C@H](C(=O)N(C)Cc1ccncc1)c1ccccc1. The molecule has 5 nitrogen and oxygen atoms in total. The summed E-state index contributed by atoms with van der Waals surface area (Å²) in [4.78, 5) is 30.8. The number of hydrogen-bond donors (Lipinski definition) is 1. The van der Waals surface area contributed by atoms with Gasteiger partial charge in [0.2, 0.25) is 11.8 Å². The minimum absolute atomic E-state index is 0.116. The zero-order chi connectivity index (χ0) is 18.2. The number of rotatable bonds is 7. The number of hydrogen-bond acceptors (Lipinski definition) is 3. The van der Waals surface area contributed by atoms with Crippen LogP contribution >= 0.6 is 0 Å². The zero-order valence-electron chi connectivity index (χ0n) is 15.0. The standard InChI is InChI=1S/C20H25N3O2/c1-15(2)13-18(24)22-19(17-7-5-4-6-8-17)20(25)23(3)14-16-9-11-21-12-10-16/h4-12,15,19H,13-14H2,1-3H3,(H,22,24)/t19-/m0/s1. The van der Waals surface area contributed by atoms with E-state index in [1.165, 1.54) is 0 Å². The molecule has 0 spiro atoms. The minimum Gasteiger partial charge on any atom is -0.341 e. The lowest BCUT2D eigenvalue weighted by molar-refractivity contribution is -0.136. The van der Waals surface area contributed by atoms with E-state index in [-0.39, 0.29) is 17.7 Å². The highest BCUT2D eigenvalue weighted by molar-refractivity contribution is 5.88. The van der Waals surface area contributed by atoms with Gasteiger partial charge in [0.25, 0.3) is 0 Å². The van der Waals surface area contributed by atoms with Crippen molar-refractivity contribution in [2.24, 2.45) is 5.92 Å². The maximum atomic E-state index is 13.0.